The largest absolute Gasteiger partial charge is 0.330 e. The minimum atomic E-state index is 0.448. The molecule has 0 aromatic carbocycles. The Labute approximate surface area is 89.6 Å². The van der Waals surface area contributed by atoms with Crippen LogP contribution in [0.5, 0.6) is 0 Å². The Morgan fingerprint density at radius 2 is 1.86 bits per heavy atom. The van der Waals surface area contributed by atoms with Gasteiger partial charge in [0.05, 0.1) is 0 Å². The van der Waals surface area contributed by atoms with E-state index in [1.807, 2.05) is 0 Å². The molecular formula is C12H28N2. The fourth-order valence-corrected chi connectivity index (χ4v) is 1.60. The van der Waals surface area contributed by atoms with E-state index in [1.165, 1.54) is 25.7 Å². The summed E-state index contributed by atoms with van der Waals surface area (Å²) in [5.74, 6) is 0. The molecule has 0 fully saturated rings. The second-order valence-electron chi connectivity index (χ2n) is 4.94. The zero-order valence-corrected chi connectivity index (χ0v) is 10.2. The molecule has 3 N–H and O–H groups in total. The number of rotatable bonds is 9. The Kier molecular flexibility index (Phi) is 8.20. The molecule has 0 aromatic rings. The maximum absolute atomic E-state index is 5.44. The van der Waals surface area contributed by atoms with Crippen LogP contribution >= 0.6 is 0 Å². The van der Waals surface area contributed by atoms with E-state index in [0.717, 1.165) is 26.1 Å². The summed E-state index contributed by atoms with van der Waals surface area (Å²) >= 11 is 0. The number of hydrogen-bond donors (Lipinski definition) is 2. The lowest BCUT2D eigenvalue weighted by Crippen LogP contribution is -2.30. The van der Waals surface area contributed by atoms with Crippen molar-refractivity contribution in [3.05, 3.63) is 0 Å². The van der Waals surface area contributed by atoms with Crippen molar-refractivity contribution in [1.82, 2.24) is 5.32 Å². The predicted octanol–water partition coefficient (Wildman–Crippen LogP) is 2.53. The fraction of sp³-hybridized carbons (Fsp3) is 1.00. The van der Waals surface area contributed by atoms with Crippen molar-refractivity contribution in [2.75, 3.05) is 19.6 Å². The van der Waals surface area contributed by atoms with Gasteiger partial charge in [-0.1, -0.05) is 40.0 Å². The molecule has 0 atom stereocenters. The summed E-state index contributed by atoms with van der Waals surface area (Å²) in [7, 11) is 0. The van der Waals surface area contributed by atoms with Crippen LogP contribution in [0, 0.1) is 5.41 Å². The summed E-state index contributed by atoms with van der Waals surface area (Å²) < 4.78 is 0. The molecule has 0 aliphatic carbocycles. The minimum Gasteiger partial charge on any atom is -0.330 e. The highest BCUT2D eigenvalue weighted by Crippen LogP contribution is 2.22. The summed E-state index contributed by atoms with van der Waals surface area (Å²) in [5, 5.41) is 3.47. The highest BCUT2D eigenvalue weighted by Gasteiger charge is 2.15. The maximum atomic E-state index is 5.44. The molecule has 0 aliphatic heterocycles. The highest BCUT2D eigenvalue weighted by molar-refractivity contribution is 4.71. The van der Waals surface area contributed by atoms with E-state index < -0.39 is 0 Å². The first kappa shape index (κ1) is 13.9. The van der Waals surface area contributed by atoms with Gasteiger partial charge >= 0.3 is 0 Å². The van der Waals surface area contributed by atoms with Gasteiger partial charge in [0.2, 0.25) is 0 Å². The van der Waals surface area contributed by atoms with Crippen molar-refractivity contribution < 1.29 is 0 Å². The van der Waals surface area contributed by atoms with Crippen molar-refractivity contribution in [3.8, 4) is 0 Å². The molecule has 86 valence electrons. The maximum Gasteiger partial charge on any atom is 0.000252 e. The van der Waals surface area contributed by atoms with Gasteiger partial charge in [-0.3, -0.25) is 0 Å². The van der Waals surface area contributed by atoms with E-state index in [-0.39, 0.29) is 0 Å². The molecule has 0 unspecified atom stereocenters. The van der Waals surface area contributed by atoms with Crippen LogP contribution in [0.15, 0.2) is 0 Å². The normalized spacial score (nSPS) is 12.0. The Bertz CT molecular complexity index is 121. The van der Waals surface area contributed by atoms with Crippen molar-refractivity contribution >= 4 is 0 Å². The monoisotopic (exact) mass is 200 g/mol. The standard InChI is InChI=1S/C12H28N2/c1-4-5-6-8-12(2,3)11-14-10-7-9-13/h14H,4-11,13H2,1-3H3. The van der Waals surface area contributed by atoms with Crippen LogP contribution in [-0.2, 0) is 0 Å². The number of hydrogen-bond acceptors (Lipinski definition) is 2. The van der Waals surface area contributed by atoms with Gasteiger partial charge in [0.1, 0.15) is 0 Å². The first-order chi connectivity index (χ1) is 6.62. The first-order valence-electron chi connectivity index (χ1n) is 6.03. The van der Waals surface area contributed by atoms with Gasteiger partial charge in [-0.2, -0.15) is 0 Å². The van der Waals surface area contributed by atoms with E-state index in [9.17, 15) is 0 Å². The second-order valence-corrected chi connectivity index (χ2v) is 4.94. The summed E-state index contributed by atoms with van der Waals surface area (Å²) in [6.07, 6.45) is 6.46. The van der Waals surface area contributed by atoms with Gasteiger partial charge in [0, 0.05) is 6.54 Å². The van der Waals surface area contributed by atoms with Crippen LogP contribution < -0.4 is 11.1 Å². The number of nitrogens with one attached hydrogen (secondary N) is 1. The Hall–Kier alpha value is -0.0800. The molecule has 0 radical (unpaired) electrons. The van der Waals surface area contributed by atoms with Crippen molar-refractivity contribution in [2.45, 2.75) is 52.9 Å². The van der Waals surface area contributed by atoms with Crippen molar-refractivity contribution in [1.29, 1.82) is 0 Å². The van der Waals surface area contributed by atoms with Crippen LogP contribution in [0.3, 0.4) is 0 Å². The second kappa shape index (κ2) is 8.25. The first-order valence-corrected chi connectivity index (χ1v) is 6.03. The van der Waals surface area contributed by atoms with E-state index in [1.54, 1.807) is 0 Å². The van der Waals surface area contributed by atoms with Crippen LogP contribution in [0.2, 0.25) is 0 Å². The van der Waals surface area contributed by atoms with Crippen LogP contribution in [0.4, 0.5) is 0 Å². The molecule has 0 rings (SSSR count). The zero-order valence-electron chi connectivity index (χ0n) is 10.2. The molecule has 2 heteroatoms. The lowest BCUT2D eigenvalue weighted by molar-refractivity contribution is 0.302. The number of unbranched alkanes of at least 4 members (excludes halogenated alkanes) is 2. The molecule has 0 bridgehead atoms. The number of nitrogens with two attached hydrogens (primary N) is 1. The summed E-state index contributed by atoms with van der Waals surface area (Å²) in [6, 6.07) is 0. The molecule has 2 nitrogen and oxygen atoms in total. The smallest absolute Gasteiger partial charge is 0.000252 e. The van der Waals surface area contributed by atoms with E-state index >= 15 is 0 Å². The van der Waals surface area contributed by atoms with Crippen molar-refractivity contribution in [3.63, 3.8) is 0 Å². The van der Waals surface area contributed by atoms with E-state index in [2.05, 4.69) is 26.1 Å². The molecule has 0 saturated heterocycles. The average Bonchev–Trinajstić information content (AvgIpc) is 2.13. The van der Waals surface area contributed by atoms with Gasteiger partial charge < -0.3 is 11.1 Å². The molecular weight excluding hydrogens is 172 g/mol. The Balaban J connectivity index is 3.40. The molecule has 0 aromatic heterocycles. The predicted molar refractivity (Wildman–Crippen MR) is 64.5 cm³/mol. The average molecular weight is 200 g/mol. The van der Waals surface area contributed by atoms with Crippen LogP contribution in [0.25, 0.3) is 0 Å². The summed E-state index contributed by atoms with van der Waals surface area (Å²) in [5.41, 5.74) is 5.88. The lowest BCUT2D eigenvalue weighted by atomic mass is 9.87. The van der Waals surface area contributed by atoms with Gasteiger partial charge in [0.15, 0.2) is 0 Å². The lowest BCUT2D eigenvalue weighted by Gasteiger charge is -2.25. The molecule has 0 aliphatic rings. The van der Waals surface area contributed by atoms with Crippen LogP contribution in [0.1, 0.15) is 52.9 Å². The third kappa shape index (κ3) is 8.52. The molecule has 0 heterocycles. The zero-order chi connectivity index (χ0) is 10.9. The molecule has 0 spiro atoms. The topological polar surface area (TPSA) is 38.0 Å². The summed E-state index contributed by atoms with van der Waals surface area (Å²) in [6.45, 7) is 9.93. The molecule has 14 heavy (non-hydrogen) atoms. The van der Waals surface area contributed by atoms with E-state index in [4.69, 9.17) is 5.73 Å². The van der Waals surface area contributed by atoms with Gasteiger partial charge in [-0.15, -0.1) is 0 Å². The fourth-order valence-electron chi connectivity index (χ4n) is 1.60. The van der Waals surface area contributed by atoms with Gasteiger partial charge in [-0.25, -0.2) is 0 Å². The molecule has 0 saturated carbocycles. The third-order valence-corrected chi connectivity index (χ3v) is 2.62. The van der Waals surface area contributed by atoms with Gasteiger partial charge in [-0.05, 0) is 31.3 Å². The quantitative estimate of drug-likeness (QED) is 0.561. The summed E-state index contributed by atoms with van der Waals surface area (Å²) in [4.78, 5) is 0. The van der Waals surface area contributed by atoms with Gasteiger partial charge in [0.25, 0.3) is 0 Å². The minimum absolute atomic E-state index is 0.448. The van der Waals surface area contributed by atoms with Crippen LogP contribution in [-0.4, -0.2) is 19.6 Å². The SMILES string of the molecule is CCCCCC(C)(C)CNCCCN. The Morgan fingerprint density at radius 1 is 1.14 bits per heavy atom. The van der Waals surface area contributed by atoms with E-state index in [0.29, 0.717) is 5.41 Å². The molecule has 0 amide bonds. The third-order valence-electron chi connectivity index (χ3n) is 2.62. The highest BCUT2D eigenvalue weighted by atomic mass is 14.9. The Morgan fingerprint density at radius 3 is 2.43 bits per heavy atom. The van der Waals surface area contributed by atoms with Crippen molar-refractivity contribution in [2.24, 2.45) is 11.1 Å².